The third kappa shape index (κ3) is 2.51. The van der Waals surface area contributed by atoms with Gasteiger partial charge in [0.15, 0.2) is 0 Å². The van der Waals surface area contributed by atoms with Crippen molar-refractivity contribution in [2.24, 2.45) is 0 Å². The van der Waals surface area contributed by atoms with Crippen LogP contribution in [0.4, 0.5) is 0 Å². The Morgan fingerprint density at radius 1 is 1.24 bits per heavy atom. The monoisotopic (exact) mass is 251 g/mol. The summed E-state index contributed by atoms with van der Waals surface area (Å²) in [5.74, 6) is 0. The summed E-state index contributed by atoms with van der Waals surface area (Å²) in [6, 6.07) is 0.575. The predicted molar refractivity (Wildman–Crippen MR) is 79.0 cm³/mol. The second-order valence-corrected chi connectivity index (χ2v) is 8.95. The van der Waals surface area contributed by atoms with Gasteiger partial charge >= 0.3 is 0 Å². The van der Waals surface area contributed by atoms with E-state index in [-0.39, 0.29) is 7.92 Å². The average Bonchev–Trinajstić information content (AvgIpc) is 2.84. The zero-order chi connectivity index (χ0) is 12.6. The van der Waals surface area contributed by atoms with E-state index >= 15 is 0 Å². The molecule has 0 aromatic carbocycles. The van der Waals surface area contributed by atoms with Gasteiger partial charge in [-0.25, -0.2) is 0 Å². The van der Waals surface area contributed by atoms with Gasteiger partial charge in [0, 0.05) is 6.04 Å². The minimum absolute atomic E-state index is 0.125. The van der Waals surface area contributed by atoms with Crippen molar-refractivity contribution >= 4 is 7.92 Å². The third-order valence-corrected chi connectivity index (χ3v) is 7.91. The van der Waals surface area contributed by atoms with Gasteiger partial charge in [0.05, 0.1) is 0 Å². The maximum Gasteiger partial charge on any atom is 0.0316 e. The Bertz CT molecular complexity index is 333. The topological polar surface area (TPSA) is 3.24 Å². The van der Waals surface area contributed by atoms with Crippen LogP contribution in [-0.2, 0) is 0 Å². The third-order valence-electron chi connectivity index (χ3n) is 4.43. The molecule has 1 heterocycles. The molecule has 2 aliphatic rings. The Labute approximate surface area is 108 Å². The lowest BCUT2D eigenvalue weighted by molar-refractivity contribution is 0.354. The molecule has 1 fully saturated rings. The van der Waals surface area contributed by atoms with Gasteiger partial charge in [0.2, 0.25) is 0 Å². The van der Waals surface area contributed by atoms with Gasteiger partial charge in [-0.2, -0.15) is 0 Å². The van der Waals surface area contributed by atoms with Gasteiger partial charge in [0.25, 0.3) is 0 Å². The molecule has 0 saturated carbocycles. The lowest BCUT2D eigenvalue weighted by atomic mass is 10.1. The highest BCUT2D eigenvalue weighted by Crippen LogP contribution is 2.63. The van der Waals surface area contributed by atoms with Gasteiger partial charge in [0.1, 0.15) is 0 Å². The molecule has 3 atom stereocenters. The van der Waals surface area contributed by atoms with E-state index in [9.17, 15) is 0 Å². The van der Waals surface area contributed by atoms with Crippen molar-refractivity contribution < 1.29 is 0 Å². The molecule has 1 saturated heterocycles. The summed E-state index contributed by atoms with van der Waals surface area (Å²) in [6.45, 7) is 7.28. The van der Waals surface area contributed by atoms with Crippen LogP contribution < -0.4 is 0 Å². The second-order valence-electron chi connectivity index (χ2n) is 5.83. The zero-order valence-corrected chi connectivity index (χ0v) is 12.8. The smallest absolute Gasteiger partial charge is 0.0316 e. The molecule has 1 aliphatic heterocycles. The highest BCUT2D eigenvalue weighted by Gasteiger charge is 2.34. The Balaban J connectivity index is 2.27. The molecule has 0 unspecified atom stereocenters. The zero-order valence-electron chi connectivity index (χ0n) is 11.9. The van der Waals surface area contributed by atoms with E-state index in [2.05, 4.69) is 51.9 Å². The summed E-state index contributed by atoms with van der Waals surface area (Å²) >= 11 is 0. The molecule has 0 spiro atoms. The van der Waals surface area contributed by atoms with Crippen LogP contribution in [0.5, 0.6) is 0 Å². The number of nitrogens with zero attached hydrogens (tertiary/aromatic N) is 1. The quantitative estimate of drug-likeness (QED) is 0.679. The van der Waals surface area contributed by atoms with Crippen molar-refractivity contribution in [1.29, 1.82) is 0 Å². The number of rotatable bonds is 3. The van der Waals surface area contributed by atoms with Crippen LogP contribution in [0.15, 0.2) is 23.0 Å². The number of hydrogen-bond donors (Lipinski definition) is 0. The van der Waals surface area contributed by atoms with Gasteiger partial charge in [-0.05, 0) is 62.5 Å². The van der Waals surface area contributed by atoms with Crippen LogP contribution in [0, 0.1) is 0 Å². The summed E-state index contributed by atoms with van der Waals surface area (Å²) in [6.07, 6.45) is 8.89. The molecule has 1 aliphatic carbocycles. The molecule has 0 bridgehead atoms. The molecule has 2 rings (SSSR count). The Morgan fingerprint density at radius 2 is 1.82 bits per heavy atom. The van der Waals surface area contributed by atoms with Crippen molar-refractivity contribution in [3.63, 3.8) is 0 Å². The molecule has 0 aromatic rings. The first-order valence-electron chi connectivity index (χ1n) is 6.86. The normalized spacial score (nSPS) is 31.9. The van der Waals surface area contributed by atoms with Crippen LogP contribution in [0.1, 0.15) is 40.0 Å². The van der Waals surface area contributed by atoms with Crippen molar-refractivity contribution in [2.45, 2.75) is 57.4 Å². The molecule has 1 nitrogen and oxygen atoms in total. The summed E-state index contributed by atoms with van der Waals surface area (Å²) in [4.78, 5) is 2.34. The highest BCUT2D eigenvalue weighted by molar-refractivity contribution is 7.63. The van der Waals surface area contributed by atoms with Crippen molar-refractivity contribution in [1.82, 2.24) is 4.90 Å². The van der Waals surface area contributed by atoms with E-state index in [1.807, 2.05) is 0 Å². The van der Waals surface area contributed by atoms with E-state index in [1.54, 1.807) is 10.9 Å². The fourth-order valence-electron chi connectivity index (χ4n) is 3.15. The van der Waals surface area contributed by atoms with Crippen LogP contribution in [0.2, 0.25) is 0 Å². The molecule has 96 valence electrons. The SMILES string of the molecule is C[C@@H]1CC[C@@H](C)P1C1=C([C@H](C)N(C)C)C=CC1. The average molecular weight is 251 g/mol. The first-order valence-corrected chi connectivity index (χ1v) is 8.34. The second kappa shape index (κ2) is 5.24. The Morgan fingerprint density at radius 3 is 2.35 bits per heavy atom. The largest absolute Gasteiger partial charge is 0.303 e. The molecule has 17 heavy (non-hydrogen) atoms. The Kier molecular flexibility index (Phi) is 4.10. The summed E-state index contributed by atoms with van der Waals surface area (Å²) in [5.41, 5.74) is 3.51. The van der Waals surface area contributed by atoms with Crippen molar-refractivity contribution in [3.8, 4) is 0 Å². The van der Waals surface area contributed by atoms with E-state index in [4.69, 9.17) is 0 Å². The maximum atomic E-state index is 2.47. The van der Waals surface area contributed by atoms with Crippen LogP contribution in [-0.4, -0.2) is 36.4 Å². The molecule has 0 N–H and O–H groups in total. The number of likely N-dealkylation sites (N-methyl/N-ethyl adjacent to an activating group) is 1. The maximum absolute atomic E-state index is 2.47. The first kappa shape index (κ1) is 13.3. The minimum Gasteiger partial charge on any atom is -0.303 e. The van der Waals surface area contributed by atoms with Crippen LogP contribution in [0.25, 0.3) is 0 Å². The summed E-state index contributed by atoms with van der Waals surface area (Å²) < 4.78 is 0. The van der Waals surface area contributed by atoms with Gasteiger partial charge in [-0.15, -0.1) is 0 Å². The molecule has 0 amide bonds. The van der Waals surface area contributed by atoms with E-state index < -0.39 is 0 Å². The number of hydrogen-bond acceptors (Lipinski definition) is 1. The van der Waals surface area contributed by atoms with Crippen molar-refractivity contribution in [3.05, 3.63) is 23.0 Å². The molecule has 2 heteroatoms. The van der Waals surface area contributed by atoms with Crippen LogP contribution in [0.3, 0.4) is 0 Å². The Hall–Kier alpha value is -0.130. The summed E-state index contributed by atoms with van der Waals surface area (Å²) in [7, 11) is 4.51. The lowest BCUT2D eigenvalue weighted by Crippen LogP contribution is -2.26. The van der Waals surface area contributed by atoms with Gasteiger partial charge < -0.3 is 4.90 Å². The lowest BCUT2D eigenvalue weighted by Gasteiger charge is -2.28. The molecule has 0 radical (unpaired) electrons. The predicted octanol–water partition coefficient (Wildman–Crippen LogP) is 4.20. The van der Waals surface area contributed by atoms with Crippen molar-refractivity contribution in [2.75, 3.05) is 14.1 Å². The minimum atomic E-state index is 0.125. The first-order chi connectivity index (χ1) is 8.02. The highest BCUT2D eigenvalue weighted by atomic mass is 31.1. The van der Waals surface area contributed by atoms with E-state index in [0.29, 0.717) is 6.04 Å². The molecular formula is C15H26NP. The fraction of sp³-hybridized carbons (Fsp3) is 0.733. The number of allylic oxidation sites excluding steroid dienone is 2. The van der Waals surface area contributed by atoms with E-state index in [1.165, 1.54) is 19.3 Å². The summed E-state index contributed by atoms with van der Waals surface area (Å²) in [5, 5.41) is 1.80. The van der Waals surface area contributed by atoms with E-state index in [0.717, 1.165) is 11.3 Å². The fourth-order valence-corrected chi connectivity index (χ4v) is 6.81. The standard InChI is InChI=1S/C15H26NP/c1-11-9-10-12(2)17(11)15-8-6-7-14(15)13(3)16(4)5/h6-7,11-13H,8-10H2,1-5H3/t11-,12-,13+/m1/s1. The van der Waals surface area contributed by atoms with Crippen LogP contribution >= 0.6 is 7.92 Å². The van der Waals surface area contributed by atoms with Gasteiger partial charge in [-0.3, -0.25) is 0 Å². The molecule has 0 aromatic heterocycles. The molecular weight excluding hydrogens is 225 g/mol. The van der Waals surface area contributed by atoms with Gasteiger partial charge in [-0.1, -0.05) is 33.9 Å².